The van der Waals surface area contributed by atoms with Gasteiger partial charge in [0.05, 0.1) is 5.69 Å². The van der Waals surface area contributed by atoms with E-state index in [2.05, 4.69) is 62.2 Å². The van der Waals surface area contributed by atoms with Gasteiger partial charge >= 0.3 is 6.01 Å². The Morgan fingerprint density at radius 1 is 1.25 bits per heavy atom. The van der Waals surface area contributed by atoms with Crippen LogP contribution in [0.5, 0.6) is 0 Å². The summed E-state index contributed by atoms with van der Waals surface area (Å²) in [4.78, 5) is 26.1. The van der Waals surface area contributed by atoms with Crippen LogP contribution in [0.25, 0.3) is 0 Å². The van der Waals surface area contributed by atoms with Gasteiger partial charge in [0.15, 0.2) is 5.82 Å². The standard InChI is InChI=1S/C26H34FN7O2/c1-15(2)30-22(35)18-12-28-23(31-17-7-8-19-16(11-17)9-10-29-26(19,5)6)33-21(18)34-24-32-20(13-36-24)25(3,4)14-27/h7-8,11-13,15,29H,9-10,14H2,1-6H3,(H,30,35)(H2,28,31,32,33,34). The minimum atomic E-state index is -0.795. The molecule has 4 N–H and O–H groups in total. The molecule has 3 heterocycles. The zero-order valence-electron chi connectivity index (χ0n) is 21.6. The highest BCUT2D eigenvalue weighted by Gasteiger charge is 2.27. The van der Waals surface area contributed by atoms with Crippen LogP contribution in [0.1, 0.15) is 68.7 Å². The van der Waals surface area contributed by atoms with Crippen LogP contribution in [0.4, 0.5) is 27.9 Å². The molecule has 0 aliphatic carbocycles. The second-order valence-electron chi connectivity index (χ2n) is 10.6. The van der Waals surface area contributed by atoms with Gasteiger partial charge in [-0.2, -0.15) is 9.97 Å². The largest absolute Gasteiger partial charge is 0.432 e. The lowest BCUT2D eigenvalue weighted by Gasteiger charge is -2.34. The van der Waals surface area contributed by atoms with Crippen molar-refractivity contribution in [2.45, 2.75) is 65.0 Å². The van der Waals surface area contributed by atoms with Gasteiger partial charge in [-0.05, 0) is 63.9 Å². The highest BCUT2D eigenvalue weighted by atomic mass is 19.1. The molecule has 3 aromatic rings. The molecule has 0 atom stereocenters. The average molecular weight is 496 g/mol. The molecule has 0 spiro atoms. The van der Waals surface area contributed by atoms with Crippen molar-refractivity contribution in [1.82, 2.24) is 25.6 Å². The number of carbonyl (C=O) groups excluding carboxylic acids is 1. The van der Waals surface area contributed by atoms with Gasteiger partial charge < -0.3 is 20.4 Å². The quantitative estimate of drug-likeness (QED) is 0.355. The maximum absolute atomic E-state index is 13.4. The molecule has 1 aliphatic heterocycles. The Hall–Kier alpha value is -3.53. The predicted octanol–water partition coefficient (Wildman–Crippen LogP) is 4.72. The number of fused-ring (bicyclic) bond motifs is 1. The Morgan fingerprint density at radius 3 is 2.75 bits per heavy atom. The molecule has 0 saturated carbocycles. The van der Waals surface area contributed by atoms with Gasteiger partial charge in [0.1, 0.15) is 18.5 Å². The number of nitrogens with zero attached hydrogens (tertiary/aromatic N) is 3. The van der Waals surface area contributed by atoms with Gasteiger partial charge in [0.25, 0.3) is 5.91 Å². The Bertz CT molecular complexity index is 1250. The fraction of sp³-hybridized carbons (Fsp3) is 0.462. The Kier molecular flexibility index (Phi) is 6.99. The van der Waals surface area contributed by atoms with Crippen LogP contribution < -0.4 is 21.3 Å². The van der Waals surface area contributed by atoms with Crippen LogP contribution in [0.2, 0.25) is 0 Å². The molecular formula is C26H34FN7O2. The van der Waals surface area contributed by atoms with Crippen molar-refractivity contribution in [2.75, 3.05) is 23.9 Å². The van der Waals surface area contributed by atoms with E-state index in [1.165, 1.54) is 23.6 Å². The van der Waals surface area contributed by atoms with Crippen molar-refractivity contribution in [3.63, 3.8) is 0 Å². The van der Waals surface area contributed by atoms with Gasteiger partial charge in [0, 0.05) is 28.9 Å². The fourth-order valence-corrected chi connectivity index (χ4v) is 4.08. The zero-order valence-corrected chi connectivity index (χ0v) is 21.6. The van der Waals surface area contributed by atoms with Crippen molar-refractivity contribution < 1.29 is 13.6 Å². The zero-order chi connectivity index (χ0) is 26.1. The number of oxazole rings is 1. The topological polar surface area (TPSA) is 117 Å². The van der Waals surface area contributed by atoms with Gasteiger partial charge in [-0.15, -0.1) is 0 Å². The highest BCUT2D eigenvalue weighted by molar-refractivity contribution is 5.99. The molecule has 0 saturated heterocycles. The number of aromatic nitrogens is 3. The van der Waals surface area contributed by atoms with E-state index in [9.17, 15) is 9.18 Å². The molecule has 0 fully saturated rings. The van der Waals surface area contributed by atoms with Crippen LogP contribution in [0.15, 0.2) is 35.1 Å². The number of hydrogen-bond acceptors (Lipinski definition) is 8. The summed E-state index contributed by atoms with van der Waals surface area (Å²) in [6.07, 6.45) is 3.79. The Balaban J connectivity index is 1.63. The number of rotatable bonds is 8. The van der Waals surface area contributed by atoms with E-state index in [1.807, 2.05) is 19.9 Å². The van der Waals surface area contributed by atoms with Crippen LogP contribution in [0, 0.1) is 0 Å². The van der Waals surface area contributed by atoms with E-state index < -0.39 is 12.1 Å². The second kappa shape index (κ2) is 9.85. The fourth-order valence-electron chi connectivity index (χ4n) is 4.08. The summed E-state index contributed by atoms with van der Waals surface area (Å²) in [5.41, 5.74) is 3.18. The maximum Gasteiger partial charge on any atom is 0.300 e. The molecule has 1 aliphatic rings. The van der Waals surface area contributed by atoms with E-state index in [0.717, 1.165) is 18.7 Å². The van der Waals surface area contributed by atoms with Gasteiger partial charge in [-0.25, -0.2) is 4.98 Å². The Labute approximate surface area is 210 Å². The molecule has 0 radical (unpaired) electrons. The van der Waals surface area contributed by atoms with E-state index in [1.54, 1.807) is 13.8 Å². The Morgan fingerprint density at radius 2 is 2.03 bits per heavy atom. The van der Waals surface area contributed by atoms with Crippen molar-refractivity contribution in [3.05, 3.63) is 53.0 Å². The number of nitrogens with one attached hydrogen (secondary N) is 4. The summed E-state index contributed by atoms with van der Waals surface area (Å²) >= 11 is 0. The lowest BCUT2D eigenvalue weighted by molar-refractivity contribution is 0.0943. The number of benzene rings is 1. The third kappa shape index (κ3) is 5.48. The predicted molar refractivity (Wildman–Crippen MR) is 138 cm³/mol. The molecule has 0 bridgehead atoms. The van der Waals surface area contributed by atoms with E-state index >= 15 is 0 Å². The summed E-state index contributed by atoms with van der Waals surface area (Å²) in [5, 5.41) is 12.6. The van der Waals surface area contributed by atoms with Crippen LogP contribution in [-0.2, 0) is 17.4 Å². The van der Waals surface area contributed by atoms with E-state index in [-0.39, 0.29) is 34.9 Å². The molecule has 36 heavy (non-hydrogen) atoms. The normalized spacial score (nSPS) is 14.9. The smallest absolute Gasteiger partial charge is 0.300 e. The number of hydrogen-bond donors (Lipinski definition) is 4. The van der Waals surface area contributed by atoms with E-state index in [0.29, 0.717) is 11.6 Å². The molecule has 1 aromatic carbocycles. The lowest BCUT2D eigenvalue weighted by Crippen LogP contribution is -2.42. The van der Waals surface area contributed by atoms with Gasteiger partial charge in [-0.3, -0.25) is 14.5 Å². The van der Waals surface area contributed by atoms with Crippen molar-refractivity contribution in [3.8, 4) is 0 Å². The molecule has 0 unspecified atom stereocenters. The van der Waals surface area contributed by atoms with Crippen molar-refractivity contribution >= 4 is 29.4 Å². The van der Waals surface area contributed by atoms with Crippen LogP contribution in [-0.4, -0.2) is 40.1 Å². The molecule has 2 aromatic heterocycles. The summed E-state index contributed by atoms with van der Waals surface area (Å²) in [5.74, 6) is 0.196. The first-order chi connectivity index (χ1) is 17.0. The maximum atomic E-state index is 13.4. The second-order valence-corrected chi connectivity index (χ2v) is 10.6. The molecule has 1 amide bonds. The summed E-state index contributed by atoms with van der Waals surface area (Å²) < 4.78 is 18.9. The van der Waals surface area contributed by atoms with Crippen LogP contribution >= 0.6 is 0 Å². The average Bonchev–Trinajstić information content (AvgIpc) is 3.28. The SMILES string of the molecule is CC(C)NC(=O)c1cnc(Nc2ccc3c(c2)CCNC3(C)C)nc1Nc1nc(C(C)(C)CF)co1. The first kappa shape index (κ1) is 25.6. The highest BCUT2D eigenvalue weighted by Crippen LogP contribution is 2.31. The van der Waals surface area contributed by atoms with Gasteiger partial charge in [0.2, 0.25) is 5.95 Å². The number of halogens is 1. The molecule has 9 nitrogen and oxygen atoms in total. The third-order valence-corrected chi connectivity index (χ3v) is 6.21. The van der Waals surface area contributed by atoms with E-state index in [4.69, 9.17) is 4.42 Å². The van der Waals surface area contributed by atoms with Crippen molar-refractivity contribution in [1.29, 1.82) is 0 Å². The third-order valence-electron chi connectivity index (χ3n) is 6.21. The number of amides is 1. The summed E-state index contributed by atoms with van der Waals surface area (Å²) in [6, 6.07) is 6.24. The number of alkyl halides is 1. The first-order valence-corrected chi connectivity index (χ1v) is 12.1. The van der Waals surface area contributed by atoms with Crippen molar-refractivity contribution in [2.24, 2.45) is 0 Å². The molecule has 192 valence electrons. The van der Waals surface area contributed by atoms with Crippen LogP contribution in [0.3, 0.4) is 0 Å². The van der Waals surface area contributed by atoms with Gasteiger partial charge in [-0.1, -0.05) is 19.9 Å². The number of anilines is 4. The number of carbonyl (C=O) groups is 1. The summed E-state index contributed by atoms with van der Waals surface area (Å²) in [7, 11) is 0. The first-order valence-electron chi connectivity index (χ1n) is 12.1. The molecular weight excluding hydrogens is 461 g/mol. The molecule has 10 heteroatoms. The molecule has 4 rings (SSSR count). The lowest BCUT2D eigenvalue weighted by atomic mass is 9.85. The summed E-state index contributed by atoms with van der Waals surface area (Å²) in [6.45, 7) is 11.9. The minimum Gasteiger partial charge on any atom is -0.432 e. The monoisotopic (exact) mass is 495 g/mol. The minimum absolute atomic E-state index is 0.0731.